The third-order valence-electron chi connectivity index (χ3n) is 3.28. The van der Waals surface area contributed by atoms with Gasteiger partial charge in [0.25, 0.3) is 5.69 Å². The summed E-state index contributed by atoms with van der Waals surface area (Å²) in [5.74, 6) is 0. The van der Waals surface area contributed by atoms with Gasteiger partial charge in [-0.3, -0.25) is 10.1 Å². The molecule has 0 aliphatic carbocycles. The van der Waals surface area contributed by atoms with Crippen LogP contribution in [0.5, 0.6) is 0 Å². The van der Waals surface area contributed by atoms with Gasteiger partial charge in [-0.2, -0.15) is 0 Å². The van der Waals surface area contributed by atoms with Crippen LogP contribution in [0.25, 0.3) is 0 Å². The monoisotopic (exact) mass is 324 g/mol. The SMILES string of the molecule is CNC(Cc1ccc([N+](=O)[O-])cc1)c1c(Cl)cccc1Cl. The number of nitrogens with one attached hydrogen (secondary N) is 1. The predicted molar refractivity (Wildman–Crippen MR) is 85.1 cm³/mol. The zero-order valence-corrected chi connectivity index (χ0v) is 12.9. The Morgan fingerprint density at radius 3 is 2.19 bits per heavy atom. The number of halogens is 2. The van der Waals surface area contributed by atoms with Gasteiger partial charge >= 0.3 is 0 Å². The maximum atomic E-state index is 10.7. The van der Waals surface area contributed by atoms with E-state index in [1.54, 1.807) is 30.3 Å². The Morgan fingerprint density at radius 1 is 1.14 bits per heavy atom. The molecule has 2 aromatic rings. The van der Waals surface area contributed by atoms with Crippen molar-refractivity contribution in [3.63, 3.8) is 0 Å². The number of non-ortho nitro benzene ring substituents is 1. The number of nitro benzene ring substituents is 1. The highest BCUT2D eigenvalue weighted by atomic mass is 35.5. The van der Waals surface area contributed by atoms with Gasteiger partial charge in [0, 0.05) is 33.8 Å². The topological polar surface area (TPSA) is 55.2 Å². The minimum absolute atomic E-state index is 0.0624. The first-order valence-corrected chi connectivity index (χ1v) is 7.13. The average Bonchev–Trinajstić information content (AvgIpc) is 2.46. The number of nitrogens with zero attached hydrogens (tertiary/aromatic N) is 1. The quantitative estimate of drug-likeness (QED) is 0.654. The molecule has 0 amide bonds. The summed E-state index contributed by atoms with van der Waals surface area (Å²) in [4.78, 5) is 10.2. The Balaban J connectivity index is 2.25. The van der Waals surface area contributed by atoms with Crippen LogP contribution in [0.4, 0.5) is 5.69 Å². The second-order valence-corrected chi connectivity index (χ2v) is 5.42. The standard InChI is InChI=1S/C15H14Cl2N2O2/c1-18-14(15-12(16)3-2-4-13(15)17)9-10-5-7-11(8-6-10)19(20)21/h2-8,14,18H,9H2,1H3. The molecule has 2 aromatic carbocycles. The highest BCUT2D eigenvalue weighted by Crippen LogP contribution is 2.32. The molecule has 0 aliphatic rings. The minimum atomic E-state index is -0.412. The lowest BCUT2D eigenvalue weighted by Crippen LogP contribution is -2.19. The van der Waals surface area contributed by atoms with Gasteiger partial charge in [0.15, 0.2) is 0 Å². The lowest BCUT2D eigenvalue weighted by atomic mass is 9.98. The number of rotatable bonds is 5. The molecule has 0 bridgehead atoms. The van der Waals surface area contributed by atoms with Gasteiger partial charge in [0.05, 0.1) is 4.92 Å². The molecule has 6 heteroatoms. The second-order valence-electron chi connectivity index (χ2n) is 4.60. The summed E-state index contributed by atoms with van der Waals surface area (Å²) < 4.78 is 0. The van der Waals surface area contributed by atoms with Gasteiger partial charge in [0.2, 0.25) is 0 Å². The van der Waals surface area contributed by atoms with E-state index in [0.29, 0.717) is 16.5 Å². The highest BCUT2D eigenvalue weighted by molar-refractivity contribution is 6.36. The highest BCUT2D eigenvalue weighted by Gasteiger charge is 2.17. The zero-order valence-electron chi connectivity index (χ0n) is 11.3. The Bertz CT molecular complexity index is 624. The molecule has 0 fully saturated rings. The summed E-state index contributed by atoms with van der Waals surface area (Å²) in [5, 5.41) is 15.0. The number of likely N-dealkylation sites (N-methyl/N-ethyl adjacent to an activating group) is 1. The third kappa shape index (κ3) is 3.73. The predicted octanol–water partition coefficient (Wildman–Crippen LogP) is 4.40. The van der Waals surface area contributed by atoms with Gasteiger partial charge in [0.1, 0.15) is 0 Å². The third-order valence-corrected chi connectivity index (χ3v) is 3.94. The molecule has 1 N–H and O–H groups in total. The molecule has 4 nitrogen and oxygen atoms in total. The van der Waals surface area contributed by atoms with Crippen molar-refractivity contribution in [1.82, 2.24) is 5.32 Å². The van der Waals surface area contributed by atoms with E-state index in [0.717, 1.165) is 11.1 Å². The van der Waals surface area contributed by atoms with Crippen LogP contribution in [0, 0.1) is 10.1 Å². The first-order valence-electron chi connectivity index (χ1n) is 6.37. The largest absolute Gasteiger partial charge is 0.313 e. The lowest BCUT2D eigenvalue weighted by molar-refractivity contribution is -0.384. The Labute approximate surface area is 132 Å². The van der Waals surface area contributed by atoms with E-state index < -0.39 is 4.92 Å². The molecule has 21 heavy (non-hydrogen) atoms. The number of benzene rings is 2. The van der Waals surface area contributed by atoms with Crippen LogP contribution < -0.4 is 5.32 Å². The van der Waals surface area contributed by atoms with E-state index in [-0.39, 0.29) is 11.7 Å². The minimum Gasteiger partial charge on any atom is -0.313 e. The fraction of sp³-hybridized carbons (Fsp3) is 0.200. The lowest BCUT2D eigenvalue weighted by Gasteiger charge is -2.19. The van der Waals surface area contributed by atoms with Crippen LogP contribution in [-0.4, -0.2) is 12.0 Å². The van der Waals surface area contributed by atoms with Crippen LogP contribution in [-0.2, 0) is 6.42 Å². The molecule has 0 heterocycles. The fourth-order valence-electron chi connectivity index (χ4n) is 2.18. The zero-order chi connectivity index (χ0) is 15.4. The van der Waals surface area contributed by atoms with Crippen molar-refractivity contribution >= 4 is 28.9 Å². The van der Waals surface area contributed by atoms with Crippen molar-refractivity contribution in [3.05, 3.63) is 73.8 Å². The normalized spacial score (nSPS) is 12.1. The van der Waals surface area contributed by atoms with Crippen molar-refractivity contribution < 1.29 is 4.92 Å². The van der Waals surface area contributed by atoms with Crippen molar-refractivity contribution in [2.24, 2.45) is 0 Å². The van der Waals surface area contributed by atoms with E-state index in [1.807, 2.05) is 7.05 Å². The Kier molecular flexibility index (Phi) is 5.17. The first kappa shape index (κ1) is 15.8. The van der Waals surface area contributed by atoms with E-state index in [9.17, 15) is 10.1 Å². The Hall–Kier alpha value is -1.62. The molecule has 2 rings (SSSR count). The van der Waals surface area contributed by atoms with Gasteiger partial charge in [-0.1, -0.05) is 41.4 Å². The summed E-state index contributed by atoms with van der Waals surface area (Å²) in [6, 6.07) is 11.8. The summed E-state index contributed by atoms with van der Waals surface area (Å²) in [5.41, 5.74) is 1.88. The molecular formula is C15H14Cl2N2O2. The molecule has 1 unspecified atom stereocenters. The molecule has 0 spiro atoms. The maximum Gasteiger partial charge on any atom is 0.269 e. The van der Waals surface area contributed by atoms with Crippen LogP contribution in [0.2, 0.25) is 10.0 Å². The summed E-state index contributed by atoms with van der Waals surface area (Å²) >= 11 is 12.4. The number of nitro groups is 1. The van der Waals surface area contributed by atoms with E-state index in [1.165, 1.54) is 12.1 Å². The van der Waals surface area contributed by atoms with Crippen LogP contribution in [0.1, 0.15) is 17.2 Å². The van der Waals surface area contributed by atoms with Gasteiger partial charge in [-0.15, -0.1) is 0 Å². The molecule has 0 saturated carbocycles. The van der Waals surface area contributed by atoms with Crippen molar-refractivity contribution in [1.29, 1.82) is 0 Å². The van der Waals surface area contributed by atoms with Crippen LogP contribution in [0.3, 0.4) is 0 Å². The van der Waals surface area contributed by atoms with Gasteiger partial charge in [-0.25, -0.2) is 0 Å². The van der Waals surface area contributed by atoms with E-state index in [2.05, 4.69) is 5.32 Å². The van der Waals surface area contributed by atoms with Crippen LogP contribution >= 0.6 is 23.2 Å². The van der Waals surface area contributed by atoms with Gasteiger partial charge < -0.3 is 5.32 Å². The molecule has 0 aromatic heterocycles. The first-order chi connectivity index (χ1) is 10.0. The maximum absolute atomic E-state index is 10.7. The van der Waals surface area contributed by atoms with E-state index in [4.69, 9.17) is 23.2 Å². The second kappa shape index (κ2) is 6.89. The molecule has 0 radical (unpaired) electrons. The van der Waals surface area contributed by atoms with E-state index >= 15 is 0 Å². The average molecular weight is 325 g/mol. The van der Waals surface area contributed by atoms with Crippen molar-refractivity contribution in [2.75, 3.05) is 7.05 Å². The van der Waals surface area contributed by atoms with Crippen molar-refractivity contribution in [2.45, 2.75) is 12.5 Å². The Morgan fingerprint density at radius 2 is 1.71 bits per heavy atom. The number of hydrogen-bond donors (Lipinski definition) is 1. The smallest absolute Gasteiger partial charge is 0.269 e. The summed E-state index contributed by atoms with van der Waals surface area (Å²) in [6.45, 7) is 0. The van der Waals surface area contributed by atoms with Crippen LogP contribution in [0.15, 0.2) is 42.5 Å². The van der Waals surface area contributed by atoms with Gasteiger partial charge in [-0.05, 0) is 31.2 Å². The summed E-state index contributed by atoms with van der Waals surface area (Å²) in [7, 11) is 1.83. The number of hydrogen-bond acceptors (Lipinski definition) is 3. The van der Waals surface area contributed by atoms with Crippen molar-refractivity contribution in [3.8, 4) is 0 Å². The molecule has 0 saturated heterocycles. The molecule has 0 aliphatic heterocycles. The summed E-state index contributed by atoms with van der Waals surface area (Å²) in [6.07, 6.45) is 0.637. The molecule has 110 valence electrons. The fourth-order valence-corrected chi connectivity index (χ4v) is 2.84. The molecule has 1 atom stereocenters. The molecular weight excluding hydrogens is 311 g/mol.